The standard InChI is InChI=1S/C12H18N2O2/c1-4-14-12(13)8-9-5-6-10(15-2)11(7-9)16-3/h5-7H,4,8H2,1-3H3,(H2,13,14). The quantitative estimate of drug-likeness (QED) is 0.608. The molecule has 0 heterocycles. The summed E-state index contributed by atoms with van der Waals surface area (Å²) in [5.74, 6) is 2.07. The average Bonchev–Trinajstić information content (AvgIpc) is 2.29. The van der Waals surface area contributed by atoms with Crippen molar-refractivity contribution >= 4 is 5.84 Å². The van der Waals surface area contributed by atoms with Gasteiger partial charge in [-0.15, -0.1) is 0 Å². The molecular formula is C12H18N2O2. The second kappa shape index (κ2) is 6.00. The van der Waals surface area contributed by atoms with E-state index in [1.54, 1.807) is 14.2 Å². The van der Waals surface area contributed by atoms with Crippen molar-refractivity contribution in [1.29, 1.82) is 0 Å². The molecule has 0 unspecified atom stereocenters. The molecule has 0 spiro atoms. The van der Waals surface area contributed by atoms with Crippen LogP contribution in [-0.4, -0.2) is 26.6 Å². The Kier molecular flexibility index (Phi) is 4.64. The summed E-state index contributed by atoms with van der Waals surface area (Å²) in [6, 6.07) is 5.74. The lowest BCUT2D eigenvalue weighted by molar-refractivity contribution is 0.354. The first-order valence-corrected chi connectivity index (χ1v) is 5.21. The highest BCUT2D eigenvalue weighted by Gasteiger charge is 2.05. The highest BCUT2D eigenvalue weighted by Crippen LogP contribution is 2.27. The van der Waals surface area contributed by atoms with E-state index in [1.165, 1.54) is 0 Å². The van der Waals surface area contributed by atoms with Gasteiger partial charge in [-0.1, -0.05) is 6.07 Å². The minimum atomic E-state index is 0.633. The van der Waals surface area contributed by atoms with Gasteiger partial charge in [0.15, 0.2) is 11.5 Å². The third-order valence-corrected chi connectivity index (χ3v) is 2.19. The zero-order valence-corrected chi connectivity index (χ0v) is 9.99. The summed E-state index contributed by atoms with van der Waals surface area (Å²) in [6.45, 7) is 2.67. The summed E-state index contributed by atoms with van der Waals surface area (Å²) in [7, 11) is 3.23. The van der Waals surface area contributed by atoms with E-state index in [4.69, 9.17) is 15.2 Å². The minimum absolute atomic E-state index is 0.633. The number of nitrogens with zero attached hydrogens (tertiary/aromatic N) is 1. The maximum atomic E-state index is 5.76. The summed E-state index contributed by atoms with van der Waals surface area (Å²) in [5, 5.41) is 0. The zero-order chi connectivity index (χ0) is 12.0. The fraction of sp³-hybridized carbons (Fsp3) is 0.417. The lowest BCUT2D eigenvalue weighted by Gasteiger charge is -2.09. The van der Waals surface area contributed by atoms with Crippen molar-refractivity contribution < 1.29 is 9.47 Å². The van der Waals surface area contributed by atoms with Crippen molar-refractivity contribution in [2.75, 3.05) is 20.8 Å². The maximum absolute atomic E-state index is 5.76. The molecule has 4 nitrogen and oxygen atoms in total. The first kappa shape index (κ1) is 12.4. The van der Waals surface area contributed by atoms with Crippen molar-refractivity contribution in [2.45, 2.75) is 13.3 Å². The SMILES string of the molecule is CCN=C(N)Cc1ccc(OC)c(OC)c1. The highest BCUT2D eigenvalue weighted by molar-refractivity contribution is 5.82. The molecule has 0 amide bonds. The molecule has 4 heteroatoms. The Labute approximate surface area is 96.1 Å². The number of nitrogens with two attached hydrogens (primary N) is 1. The molecular weight excluding hydrogens is 204 g/mol. The third-order valence-electron chi connectivity index (χ3n) is 2.19. The summed E-state index contributed by atoms with van der Waals surface area (Å²) < 4.78 is 10.4. The molecule has 0 bridgehead atoms. The Balaban J connectivity index is 2.87. The van der Waals surface area contributed by atoms with Crippen molar-refractivity contribution in [3.63, 3.8) is 0 Å². The van der Waals surface area contributed by atoms with Gasteiger partial charge < -0.3 is 15.2 Å². The Bertz CT molecular complexity index is 375. The number of benzene rings is 1. The smallest absolute Gasteiger partial charge is 0.161 e. The molecule has 0 aliphatic heterocycles. The number of aliphatic imine (C=N–C) groups is 1. The van der Waals surface area contributed by atoms with E-state index in [2.05, 4.69) is 4.99 Å². The number of ether oxygens (including phenoxy) is 2. The molecule has 0 saturated carbocycles. The largest absolute Gasteiger partial charge is 0.493 e. The molecule has 0 radical (unpaired) electrons. The fourth-order valence-corrected chi connectivity index (χ4v) is 1.46. The number of methoxy groups -OCH3 is 2. The first-order chi connectivity index (χ1) is 7.71. The molecule has 1 aromatic carbocycles. The van der Waals surface area contributed by atoms with Gasteiger partial charge in [-0.25, -0.2) is 0 Å². The first-order valence-electron chi connectivity index (χ1n) is 5.21. The van der Waals surface area contributed by atoms with Crippen LogP contribution in [0.25, 0.3) is 0 Å². The number of rotatable bonds is 5. The Morgan fingerprint density at radius 3 is 2.50 bits per heavy atom. The molecule has 16 heavy (non-hydrogen) atoms. The van der Waals surface area contributed by atoms with Gasteiger partial charge in [0.2, 0.25) is 0 Å². The van der Waals surface area contributed by atoms with Gasteiger partial charge in [0, 0.05) is 13.0 Å². The lowest BCUT2D eigenvalue weighted by atomic mass is 10.1. The summed E-state index contributed by atoms with van der Waals surface area (Å²) in [4.78, 5) is 4.14. The lowest BCUT2D eigenvalue weighted by Crippen LogP contribution is -2.15. The van der Waals surface area contributed by atoms with Crippen LogP contribution in [0.1, 0.15) is 12.5 Å². The Hall–Kier alpha value is -1.71. The second-order valence-corrected chi connectivity index (χ2v) is 3.33. The van der Waals surface area contributed by atoms with Crippen molar-refractivity contribution in [3.05, 3.63) is 23.8 Å². The van der Waals surface area contributed by atoms with Gasteiger partial charge in [0.1, 0.15) is 0 Å². The van der Waals surface area contributed by atoms with Gasteiger partial charge in [-0.3, -0.25) is 4.99 Å². The number of amidine groups is 1. The molecule has 0 aliphatic carbocycles. The molecule has 0 aliphatic rings. The van der Waals surface area contributed by atoms with Crippen LogP contribution in [0.3, 0.4) is 0 Å². The topological polar surface area (TPSA) is 56.8 Å². The van der Waals surface area contributed by atoms with Crippen LogP contribution in [0, 0.1) is 0 Å². The van der Waals surface area contributed by atoms with Gasteiger partial charge >= 0.3 is 0 Å². The van der Waals surface area contributed by atoms with E-state index in [9.17, 15) is 0 Å². The molecule has 0 atom stereocenters. The van der Waals surface area contributed by atoms with E-state index in [0.29, 0.717) is 24.6 Å². The normalized spacial score (nSPS) is 11.3. The van der Waals surface area contributed by atoms with Crippen molar-refractivity contribution in [2.24, 2.45) is 10.7 Å². The fourth-order valence-electron chi connectivity index (χ4n) is 1.46. The number of hydrogen-bond acceptors (Lipinski definition) is 3. The predicted molar refractivity (Wildman–Crippen MR) is 65.4 cm³/mol. The van der Waals surface area contributed by atoms with E-state index < -0.39 is 0 Å². The molecule has 0 fully saturated rings. The van der Waals surface area contributed by atoms with Crippen LogP contribution < -0.4 is 15.2 Å². The van der Waals surface area contributed by atoms with E-state index in [1.807, 2.05) is 25.1 Å². The summed E-state index contributed by atoms with van der Waals surface area (Å²) in [6.07, 6.45) is 0.633. The predicted octanol–water partition coefficient (Wildman–Crippen LogP) is 1.62. The highest BCUT2D eigenvalue weighted by atomic mass is 16.5. The summed E-state index contributed by atoms with van der Waals surface area (Å²) >= 11 is 0. The maximum Gasteiger partial charge on any atom is 0.161 e. The Morgan fingerprint density at radius 2 is 1.94 bits per heavy atom. The molecule has 1 aromatic rings. The summed E-state index contributed by atoms with van der Waals surface area (Å²) in [5.41, 5.74) is 6.82. The molecule has 1 rings (SSSR count). The van der Waals surface area contributed by atoms with E-state index in [0.717, 1.165) is 11.3 Å². The molecule has 88 valence electrons. The van der Waals surface area contributed by atoms with Crippen LogP contribution >= 0.6 is 0 Å². The molecule has 2 N–H and O–H groups in total. The third kappa shape index (κ3) is 3.15. The van der Waals surface area contributed by atoms with Crippen molar-refractivity contribution in [1.82, 2.24) is 0 Å². The van der Waals surface area contributed by atoms with Gasteiger partial charge in [0.05, 0.1) is 20.1 Å². The van der Waals surface area contributed by atoms with E-state index in [-0.39, 0.29) is 0 Å². The minimum Gasteiger partial charge on any atom is -0.493 e. The second-order valence-electron chi connectivity index (χ2n) is 3.33. The van der Waals surface area contributed by atoms with E-state index >= 15 is 0 Å². The molecule has 0 aromatic heterocycles. The van der Waals surface area contributed by atoms with Gasteiger partial charge in [-0.05, 0) is 24.6 Å². The monoisotopic (exact) mass is 222 g/mol. The van der Waals surface area contributed by atoms with Gasteiger partial charge in [-0.2, -0.15) is 0 Å². The van der Waals surface area contributed by atoms with Crippen LogP contribution in [-0.2, 0) is 6.42 Å². The van der Waals surface area contributed by atoms with Crippen LogP contribution in [0.2, 0.25) is 0 Å². The Morgan fingerprint density at radius 1 is 1.25 bits per heavy atom. The van der Waals surface area contributed by atoms with Crippen LogP contribution in [0.4, 0.5) is 0 Å². The average molecular weight is 222 g/mol. The molecule has 0 saturated heterocycles. The van der Waals surface area contributed by atoms with Crippen LogP contribution in [0.5, 0.6) is 11.5 Å². The van der Waals surface area contributed by atoms with Crippen LogP contribution in [0.15, 0.2) is 23.2 Å². The number of hydrogen-bond donors (Lipinski definition) is 1. The van der Waals surface area contributed by atoms with Gasteiger partial charge in [0.25, 0.3) is 0 Å². The zero-order valence-electron chi connectivity index (χ0n) is 9.99. The van der Waals surface area contributed by atoms with Crippen molar-refractivity contribution in [3.8, 4) is 11.5 Å².